The van der Waals surface area contributed by atoms with Crippen molar-refractivity contribution in [3.8, 4) is 0 Å². The van der Waals surface area contributed by atoms with E-state index in [4.69, 9.17) is 11.6 Å². The fourth-order valence-electron chi connectivity index (χ4n) is 3.71. The lowest BCUT2D eigenvalue weighted by molar-refractivity contribution is 0.0731. The van der Waals surface area contributed by atoms with Crippen LogP contribution in [0.5, 0.6) is 0 Å². The summed E-state index contributed by atoms with van der Waals surface area (Å²) in [7, 11) is 0. The number of aromatic nitrogens is 2. The number of thiazole rings is 1. The zero-order valence-corrected chi connectivity index (χ0v) is 16.1. The number of hydrogen-bond donors (Lipinski definition) is 3. The summed E-state index contributed by atoms with van der Waals surface area (Å²) in [5, 5.41) is 15.2. The number of aliphatic hydroxyl groups is 1. The maximum absolute atomic E-state index is 13.0. The first kappa shape index (κ1) is 17.0. The van der Waals surface area contributed by atoms with Crippen molar-refractivity contribution < 1.29 is 9.90 Å². The van der Waals surface area contributed by atoms with Crippen LogP contribution in [0, 0.1) is 0 Å². The zero-order chi connectivity index (χ0) is 18.5. The molecule has 8 heteroatoms. The van der Waals surface area contributed by atoms with Gasteiger partial charge in [0.05, 0.1) is 18.3 Å². The van der Waals surface area contributed by atoms with Crippen molar-refractivity contribution >= 4 is 44.9 Å². The molecule has 5 rings (SSSR count). The van der Waals surface area contributed by atoms with Crippen LogP contribution >= 0.6 is 22.9 Å². The number of rotatable bonds is 3. The van der Waals surface area contributed by atoms with Crippen molar-refractivity contribution in [3.05, 3.63) is 45.6 Å². The van der Waals surface area contributed by atoms with Gasteiger partial charge in [0, 0.05) is 39.8 Å². The van der Waals surface area contributed by atoms with E-state index in [0.717, 1.165) is 45.9 Å². The lowest BCUT2D eigenvalue weighted by Crippen LogP contribution is -2.38. The summed E-state index contributed by atoms with van der Waals surface area (Å²) in [6.07, 6.45) is 2.12. The van der Waals surface area contributed by atoms with Gasteiger partial charge in [-0.05, 0) is 31.0 Å². The Morgan fingerprint density at radius 3 is 3.04 bits per heavy atom. The Labute approximate surface area is 165 Å². The molecule has 0 spiro atoms. The van der Waals surface area contributed by atoms with E-state index in [-0.39, 0.29) is 12.0 Å². The highest BCUT2D eigenvalue weighted by Gasteiger charge is 2.30. The van der Waals surface area contributed by atoms with Gasteiger partial charge in [0.1, 0.15) is 5.69 Å². The van der Waals surface area contributed by atoms with Gasteiger partial charge in [-0.2, -0.15) is 0 Å². The molecule has 1 aliphatic carbocycles. The quantitative estimate of drug-likeness (QED) is 0.627. The van der Waals surface area contributed by atoms with E-state index >= 15 is 0 Å². The number of aliphatic hydroxyl groups excluding tert-OH is 1. The Bertz CT molecular complexity index is 1020. The predicted molar refractivity (Wildman–Crippen MR) is 107 cm³/mol. The van der Waals surface area contributed by atoms with E-state index in [1.807, 2.05) is 29.2 Å². The Balaban J connectivity index is 1.33. The van der Waals surface area contributed by atoms with E-state index in [2.05, 4.69) is 15.3 Å². The van der Waals surface area contributed by atoms with Gasteiger partial charge in [0.25, 0.3) is 5.91 Å². The number of nitrogens with one attached hydrogen (secondary N) is 2. The molecule has 1 amide bonds. The monoisotopic (exact) mass is 402 g/mol. The van der Waals surface area contributed by atoms with E-state index < -0.39 is 0 Å². The molecular weight excluding hydrogens is 384 g/mol. The van der Waals surface area contributed by atoms with Gasteiger partial charge in [0.2, 0.25) is 0 Å². The third-order valence-electron chi connectivity index (χ3n) is 5.30. The minimum Gasteiger partial charge on any atom is -0.393 e. The smallest absolute Gasteiger partial charge is 0.270 e. The molecule has 140 valence electrons. The Morgan fingerprint density at radius 2 is 2.26 bits per heavy atom. The van der Waals surface area contributed by atoms with Crippen molar-refractivity contribution in [1.29, 1.82) is 0 Å². The summed E-state index contributed by atoms with van der Waals surface area (Å²) >= 11 is 7.83. The normalized spacial score (nSPS) is 21.8. The Hall–Kier alpha value is -2.09. The van der Waals surface area contributed by atoms with Crippen LogP contribution in [-0.4, -0.2) is 44.6 Å². The molecule has 2 aliphatic rings. The van der Waals surface area contributed by atoms with Crippen molar-refractivity contribution in [1.82, 2.24) is 14.9 Å². The summed E-state index contributed by atoms with van der Waals surface area (Å²) in [4.78, 5) is 23.8. The Morgan fingerprint density at radius 1 is 1.41 bits per heavy atom. The summed E-state index contributed by atoms with van der Waals surface area (Å²) in [6.45, 7) is 1.23. The van der Waals surface area contributed by atoms with Crippen LogP contribution in [0.3, 0.4) is 0 Å². The number of halogens is 1. The van der Waals surface area contributed by atoms with Gasteiger partial charge < -0.3 is 20.3 Å². The fourth-order valence-corrected chi connectivity index (χ4v) is 5.04. The molecule has 0 saturated heterocycles. The SMILES string of the molecule is O=C(c1cc2c(Cl)cccc2[nH]1)N1CCc2nc(NC3CC(O)C3)sc2C1. The fraction of sp³-hybridized carbons (Fsp3) is 0.368. The van der Waals surface area contributed by atoms with Crippen LogP contribution in [0.4, 0.5) is 5.13 Å². The van der Waals surface area contributed by atoms with Gasteiger partial charge in [-0.3, -0.25) is 4.79 Å². The molecule has 1 aliphatic heterocycles. The van der Waals surface area contributed by atoms with E-state index in [1.165, 1.54) is 0 Å². The summed E-state index contributed by atoms with van der Waals surface area (Å²) in [6, 6.07) is 7.75. The third kappa shape index (κ3) is 3.09. The van der Waals surface area contributed by atoms with Crippen LogP contribution in [0.2, 0.25) is 5.02 Å². The molecular formula is C19H19ClN4O2S. The van der Waals surface area contributed by atoms with Crippen LogP contribution in [0.15, 0.2) is 24.3 Å². The molecule has 1 fully saturated rings. The second-order valence-corrected chi connectivity index (χ2v) is 8.71. The lowest BCUT2D eigenvalue weighted by Gasteiger charge is -2.31. The molecule has 3 aromatic rings. The average Bonchev–Trinajstić information content (AvgIpc) is 3.23. The van der Waals surface area contributed by atoms with Gasteiger partial charge >= 0.3 is 0 Å². The number of carbonyl (C=O) groups is 1. The first-order valence-electron chi connectivity index (χ1n) is 9.06. The van der Waals surface area contributed by atoms with E-state index in [9.17, 15) is 9.90 Å². The van der Waals surface area contributed by atoms with E-state index in [1.54, 1.807) is 11.3 Å². The van der Waals surface area contributed by atoms with Gasteiger partial charge in [-0.25, -0.2) is 4.98 Å². The number of amides is 1. The van der Waals surface area contributed by atoms with Crippen LogP contribution in [0.25, 0.3) is 10.9 Å². The first-order chi connectivity index (χ1) is 13.1. The molecule has 2 aromatic heterocycles. The molecule has 0 unspecified atom stereocenters. The number of anilines is 1. The molecule has 27 heavy (non-hydrogen) atoms. The third-order valence-corrected chi connectivity index (χ3v) is 6.64. The summed E-state index contributed by atoms with van der Waals surface area (Å²) < 4.78 is 0. The van der Waals surface area contributed by atoms with E-state index in [0.29, 0.717) is 29.8 Å². The van der Waals surface area contributed by atoms with Gasteiger partial charge in [0.15, 0.2) is 5.13 Å². The number of H-pyrrole nitrogens is 1. The minimum absolute atomic E-state index is 0.0158. The molecule has 6 nitrogen and oxygen atoms in total. The molecule has 3 N–H and O–H groups in total. The molecule has 0 radical (unpaired) electrons. The second kappa shape index (κ2) is 6.51. The number of nitrogens with zero attached hydrogens (tertiary/aromatic N) is 2. The van der Waals surface area contributed by atoms with Crippen LogP contribution in [-0.2, 0) is 13.0 Å². The molecule has 1 saturated carbocycles. The first-order valence-corrected chi connectivity index (χ1v) is 10.3. The maximum atomic E-state index is 13.0. The van der Waals surface area contributed by atoms with Gasteiger partial charge in [-0.15, -0.1) is 0 Å². The largest absolute Gasteiger partial charge is 0.393 e. The molecule has 1 aromatic carbocycles. The highest BCUT2D eigenvalue weighted by molar-refractivity contribution is 7.15. The van der Waals surface area contributed by atoms with Gasteiger partial charge in [-0.1, -0.05) is 29.0 Å². The maximum Gasteiger partial charge on any atom is 0.270 e. The Kier molecular flexibility index (Phi) is 4.11. The number of carbonyl (C=O) groups excluding carboxylic acids is 1. The summed E-state index contributed by atoms with van der Waals surface area (Å²) in [5.74, 6) is -0.0158. The minimum atomic E-state index is -0.185. The summed E-state index contributed by atoms with van der Waals surface area (Å²) in [5.41, 5.74) is 2.51. The van der Waals surface area contributed by atoms with Crippen LogP contribution in [0.1, 0.15) is 33.9 Å². The number of benzene rings is 1. The predicted octanol–water partition coefficient (Wildman–Crippen LogP) is 3.41. The zero-order valence-electron chi connectivity index (χ0n) is 14.5. The highest BCUT2D eigenvalue weighted by atomic mass is 35.5. The average molecular weight is 403 g/mol. The number of aromatic amines is 1. The van der Waals surface area contributed by atoms with Crippen molar-refractivity contribution in [2.24, 2.45) is 0 Å². The number of fused-ring (bicyclic) bond motifs is 2. The van der Waals surface area contributed by atoms with Crippen molar-refractivity contribution in [2.75, 3.05) is 11.9 Å². The molecule has 0 bridgehead atoms. The highest BCUT2D eigenvalue weighted by Crippen LogP contribution is 2.32. The molecule has 0 atom stereocenters. The standard InChI is InChI=1S/C19H19ClN4O2S/c20-13-2-1-3-14-12(13)8-16(22-14)18(26)24-5-4-15-17(9-24)27-19(23-15)21-10-6-11(25)7-10/h1-3,8,10-11,22,25H,4-7,9H2,(H,21,23). The van der Waals surface area contributed by atoms with Crippen molar-refractivity contribution in [2.45, 2.75) is 38.0 Å². The second-order valence-electron chi connectivity index (χ2n) is 7.22. The molecule has 3 heterocycles. The van der Waals surface area contributed by atoms with Crippen LogP contribution < -0.4 is 5.32 Å². The topological polar surface area (TPSA) is 81.2 Å². The number of hydrogen-bond acceptors (Lipinski definition) is 5. The van der Waals surface area contributed by atoms with Crippen molar-refractivity contribution in [3.63, 3.8) is 0 Å². The lowest BCUT2D eigenvalue weighted by atomic mass is 9.90.